The second kappa shape index (κ2) is 61.6. The van der Waals surface area contributed by atoms with Gasteiger partial charge in [-0.1, -0.05) is 306 Å². The molecule has 0 spiro atoms. The summed E-state index contributed by atoms with van der Waals surface area (Å²) in [5.74, 6) is 0.822. The van der Waals surface area contributed by atoms with Crippen LogP contribution in [-0.2, 0) is 65.4 Å². The Balaban J connectivity index is 5.23. The Hall–Kier alpha value is -1.94. The van der Waals surface area contributed by atoms with Crippen molar-refractivity contribution in [3.63, 3.8) is 0 Å². The van der Waals surface area contributed by atoms with Gasteiger partial charge in [0.1, 0.15) is 19.3 Å². The lowest BCUT2D eigenvalue weighted by Gasteiger charge is -2.21. The molecule has 0 amide bonds. The first kappa shape index (κ1) is 89.1. The molecule has 0 heterocycles. The van der Waals surface area contributed by atoms with E-state index in [-0.39, 0.29) is 25.7 Å². The van der Waals surface area contributed by atoms with E-state index in [2.05, 4.69) is 55.4 Å². The molecule has 0 aliphatic carbocycles. The van der Waals surface area contributed by atoms with Crippen LogP contribution >= 0.6 is 15.6 Å². The summed E-state index contributed by atoms with van der Waals surface area (Å²) in [4.78, 5) is 72.6. The van der Waals surface area contributed by atoms with E-state index in [9.17, 15) is 43.2 Å². The zero-order chi connectivity index (χ0) is 67.5. The SMILES string of the molecule is CC(C)CCCCCCCCCCCCCCCCC(=O)O[C@H](COC(=O)CCCCCCCCCCCCCCC(C)C)COP(=O)(O)OC[C@@H](O)COP(=O)(O)OC[C@@H](COC(=O)CCCCCCCCC(C)C)OC(=O)CCCCCCCCCC(C)C. The standard InChI is InChI=1S/C72H140O17P2/c1-62(2)48-40-32-24-19-15-11-9-10-12-18-22-28-38-46-54-71(76)88-67(58-82-69(74)52-44-36-27-21-17-14-13-16-20-25-33-41-49-63(3)4)60-86-90(78,79)84-56-66(73)57-85-91(80,81)87-61-68(59-83-70(75)53-45-37-31-30-35-43-51-65(7)8)89-72(77)55-47-39-29-23-26-34-42-50-64(5)6/h62-68,73H,9-61H2,1-8H3,(H,78,79)(H,80,81)/t66-,67-,68-/m1/s1. The molecule has 0 saturated carbocycles. The molecule has 0 fully saturated rings. The molecule has 0 bridgehead atoms. The number of carbonyl (C=O) groups is 4. The van der Waals surface area contributed by atoms with Crippen LogP contribution in [0.15, 0.2) is 0 Å². The van der Waals surface area contributed by atoms with E-state index >= 15 is 0 Å². The molecule has 0 aliphatic heterocycles. The van der Waals surface area contributed by atoms with Gasteiger partial charge in [-0.05, 0) is 49.4 Å². The van der Waals surface area contributed by atoms with Crippen LogP contribution in [0.3, 0.4) is 0 Å². The Bertz CT molecular complexity index is 1800. The zero-order valence-corrected chi connectivity index (χ0v) is 61.3. The van der Waals surface area contributed by atoms with Gasteiger partial charge >= 0.3 is 39.5 Å². The average molecular weight is 1340 g/mol. The third kappa shape index (κ3) is 66.5. The van der Waals surface area contributed by atoms with Crippen molar-refractivity contribution in [1.82, 2.24) is 0 Å². The van der Waals surface area contributed by atoms with E-state index in [1.165, 1.54) is 154 Å². The lowest BCUT2D eigenvalue weighted by atomic mass is 10.0. The number of hydrogen-bond donors (Lipinski definition) is 3. The molecule has 2 unspecified atom stereocenters. The highest BCUT2D eigenvalue weighted by Crippen LogP contribution is 2.45. The van der Waals surface area contributed by atoms with E-state index in [1.807, 2.05) is 0 Å². The number of ether oxygens (including phenoxy) is 4. The first-order valence-corrected chi connectivity index (χ1v) is 40.2. The summed E-state index contributed by atoms with van der Waals surface area (Å²) in [5.41, 5.74) is 0. The first-order valence-electron chi connectivity index (χ1n) is 37.2. The first-order chi connectivity index (χ1) is 43.6. The molecule has 19 heteroatoms. The Morgan fingerprint density at radius 1 is 0.275 bits per heavy atom. The summed E-state index contributed by atoms with van der Waals surface area (Å²) in [6, 6.07) is 0. The van der Waals surface area contributed by atoms with Gasteiger partial charge in [-0.3, -0.25) is 37.3 Å². The van der Waals surface area contributed by atoms with E-state index in [0.29, 0.717) is 37.5 Å². The summed E-state index contributed by atoms with van der Waals surface area (Å²) in [5, 5.41) is 10.6. The van der Waals surface area contributed by atoms with Gasteiger partial charge in [0.15, 0.2) is 12.2 Å². The Labute approximate surface area is 556 Å². The maximum atomic E-state index is 13.0. The van der Waals surface area contributed by atoms with Gasteiger partial charge in [0.2, 0.25) is 0 Å². The molecule has 0 aromatic rings. The van der Waals surface area contributed by atoms with Gasteiger partial charge in [0, 0.05) is 25.7 Å². The van der Waals surface area contributed by atoms with Crippen molar-refractivity contribution >= 4 is 39.5 Å². The van der Waals surface area contributed by atoms with Crippen LogP contribution in [0.25, 0.3) is 0 Å². The molecular weight excluding hydrogens is 1200 g/mol. The number of phosphoric ester groups is 2. The number of carbonyl (C=O) groups excluding carboxylic acids is 4. The predicted octanol–water partition coefficient (Wildman–Crippen LogP) is 20.5. The second-order valence-corrected chi connectivity index (χ2v) is 30.8. The topological polar surface area (TPSA) is 237 Å². The lowest BCUT2D eigenvalue weighted by molar-refractivity contribution is -0.161. The van der Waals surface area contributed by atoms with Crippen molar-refractivity contribution in [1.29, 1.82) is 0 Å². The summed E-state index contributed by atoms with van der Waals surface area (Å²) in [6.45, 7) is 14.1. The van der Waals surface area contributed by atoms with E-state index in [0.717, 1.165) is 108 Å². The van der Waals surface area contributed by atoms with Crippen LogP contribution in [0.2, 0.25) is 0 Å². The normalized spacial score (nSPS) is 14.2. The lowest BCUT2D eigenvalue weighted by Crippen LogP contribution is -2.30. The average Bonchev–Trinajstić information content (AvgIpc) is 3.61. The molecule has 0 aromatic heterocycles. The minimum Gasteiger partial charge on any atom is -0.462 e. The Morgan fingerprint density at radius 2 is 0.462 bits per heavy atom. The van der Waals surface area contributed by atoms with Gasteiger partial charge in [0.05, 0.1) is 26.4 Å². The molecule has 0 rings (SSSR count). The molecule has 0 aromatic carbocycles. The molecular formula is C72H140O17P2. The molecule has 91 heavy (non-hydrogen) atoms. The number of esters is 4. The molecule has 0 aliphatic rings. The number of rotatable bonds is 69. The van der Waals surface area contributed by atoms with E-state index in [1.54, 1.807) is 0 Å². The van der Waals surface area contributed by atoms with Crippen molar-refractivity contribution in [2.75, 3.05) is 39.6 Å². The number of unbranched alkanes of at least 4 members (excludes halogenated alkanes) is 35. The van der Waals surface area contributed by atoms with Gasteiger partial charge in [-0.2, -0.15) is 0 Å². The maximum Gasteiger partial charge on any atom is 0.472 e. The maximum absolute atomic E-state index is 13.0. The third-order valence-corrected chi connectivity index (χ3v) is 18.5. The van der Waals surface area contributed by atoms with Gasteiger partial charge in [0.25, 0.3) is 0 Å². The second-order valence-electron chi connectivity index (χ2n) is 27.9. The molecule has 5 atom stereocenters. The third-order valence-electron chi connectivity index (χ3n) is 16.6. The van der Waals surface area contributed by atoms with E-state index in [4.69, 9.17) is 37.0 Å². The molecule has 0 saturated heterocycles. The van der Waals surface area contributed by atoms with Crippen LogP contribution in [-0.4, -0.2) is 96.7 Å². The largest absolute Gasteiger partial charge is 0.472 e. The number of phosphoric acid groups is 2. The fourth-order valence-electron chi connectivity index (χ4n) is 10.8. The monoisotopic (exact) mass is 1340 g/mol. The zero-order valence-electron chi connectivity index (χ0n) is 59.5. The summed E-state index contributed by atoms with van der Waals surface area (Å²) >= 11 is 0. The number of aliphatic hydroxyl groups is 1. The quantitative estimate of drug-likeness (QED) is 0.0222. The van der Waals surface area contributed by atoms with E-state index < -0.39 is 97.5 Å². The molecule has 3 N–H and O–H groups in total. The van der Waals surface area contributed by atoms with Crippen LogP contribution < -0.4 is 0 Å². The highest BCUT2D eigenvalue weighted by molar-refractivity contribution is 7.47. The predicted molar refractivity (Wildman–Crippen MR) is 367 cm³/mol. The molecule has 17 nitrogen and oxygen atoms in total. The van der Waals surface area contributed by atoms with Crippen molar-refractivity contribution in [3.05, 3.63) is 0 Å². The molecule has 540 valence electrons. The van der Waals surface area contributed by atoms with Crippen molar-refractivity contribution in [2.24, 2.45) is 23.7 Å². The smallest absolute Gasteiger partial charge is 0.462 e. The molecule has 0 radical (unpaired) electrons. The van der Waals surface area contributed by atoms with Crippen LogP contribution in [0, 0.1) is 23.7 Å². The van der Waals surface area contributed by atoms with Crippen LogP contribution in [0.4, 0.5) is 0 Å². The van der Waals surface area contributed by atoms with Crippen LogP contribution in [0.5, 0.6) is 0 Å². The van der Waals surface area contributed by atoms with Crippen molar-refractivity contribution in [2.45, 2.75) is 375 Å². The van der Waals surface area contributed by atoms with Crippen LogP contribution in [0.1, 0.15) is 357 Å². The highest BCUT2D eigenvalue weighted by atomic mass is 31.2. The van der Waals surface area contributed by atoms with Gasteiger partial charge < -0.3 is 33.8 Å². The Morgan fingerprint density at radius 3 is 0.681 bits per heavy atom. The van der Waals surface area contributed by atoms with Crippen molar-refractivity contribution in [3.8, 4) is 0 Å². The fraction of sp³-hybridized carbons (Fsp3) is 0.944. The highest BCUT2D eigenvalue weighted by Gasteiger charge is 2.30. The minimum atomic E-state index is -4.95. The summed E-state index contributed by atoms with van der Waals surface area (Å²) in [7, 11) is -9.90. The summed E-state index contributed by atoms with van der Waals surface area (Å²) in [6.07, 6.45) is 44.7. The summed E-state index contributed by atoms with van der Waals surface area (Å²) < 4.78 is 68.3. The number of aliphatic hydroxyl groups excluding tert-OH is 1. The Kier molecular flexibility index (Phi) is 60.3. The number of hydrogen-bond acceptors (Lipinski definition) is 15. The van der Waals surface area contributed by atoms with Gasteiger partial charge in [-0.15, -0.1) is 0 Å². The minimum absolute atomic E-state index is 0.102. The fourth-order valence-corrected chi connectivity index (χ4v) is 12.4. The van der Waals surface area contributed by atoms with Crippen molar-refractivity contribution < 1.29 is 80.2 Å². The van der Waals surface area contributed by atoms with Gasteiger partial charge in [-0.25, -0.2) is 9.13 Å².